The van der Waals surface area contributed by atoms with E-state index in [1.165, 1.54) is 11.1 Å². The van der Waals surface area contributed by atoms with Gasteiger partial charge in [-0.3, -0.25) is 4.68 Å². The lowest BCUT2D eigenvalue weighted by atomic mass is 9.97. The number of rotatable bonds is 2. The summed E-state index contributed by atoms with van der Waals surface area (Å²) in [6, 6.07) is 5.88. The molecule has 0 aliphatic heterocycles. The van der Waals surface area contributed by atoms with Gasteiger partial charge in [-0.2, -0.15) is 5.10 Å². The molecule has 1 aromatic carbocycles. The van der Waals surface area contributed by atoms with Gasteiger partial charge in [0.25, 0.3) is 0 Å². The number of benzene rings is 1. The minimum atomic E-state index is 0.139. The van der Waals surface area contributed by atoms with Crippen LogP contribution in [0.15, 0.2) is 24.4 Å². The fourth-order valence-corrected chi connectivity index (χ4v) is 3.15. The van der Waals surface area contributed by atoms with E-state index in [1.807, 2.05) is 25.4 Å². The topological polar surface area (TPSA) is 50.1 Å². The lowest BCUT2D eigenvalue weighted by Crippen LogP contribution is -2.08. The van der Waals surface area contributed by atoms with Gasteiger partial charge in [-0.25, -0.2) is 0 Å². The van der Waals surface area contributed by atoms with Gasteiger partial charge in [0.2, 0.25) is 0 Å². The first-order valence-corrected chi connectivity index (χ1v) is 6.65. The molecule has 2 unspecified atom stereocenters. The van der Waals surface area contributed by atoms with Crippen molar-refractivity contribution in [2.75, 3.05) is 5.32 Å². The first-order valence-electron chi connectivity index (χ1n) is 6.65. The molecule has 4 heteroatoms. The second-order valence-corrected chi connectivity index (χ2v) is 5.44. The summed E-state index contributed by atoms with van der Waals surface area (Å²) in [6.45, 7) is 4.32. The van der Waals surface area contributed by atoms with E-state index in [4.69, 9.17) is 0 Å². The molecule has 1 aliphatic carbocycles. The summed E-state index contributed by atoms with van der Waals surface area (Å²) in [7, 11) is 1.90. The Morgan fingerprint density at radius 2 is 2.11 bits per heavy atom. The van der Waals surface area contributed by atoms with Crippen molar-refractivity contribution in [2.24, 2.45) is 7.05 Å². The number of anilines is 1. The van der Waals surface area contributed by atoms with Crippen molar-refractivity contribution in [1.82, 2.24) is 9.78 Å². The molecule has 3 rings (SSSR count). The molecule has 1 aliphatic rings. The molecule has 0 amide bonds. The normalized spacial score (nSPS) is 21.4. The Balaban J connectivity index is 1.97. The van der Waals surface area contributed by atoms with Crippen molar-refractivity contribution in [3.05, 3.63) is 41.1 Å². The Morgan fingerprint density at radius 3 is 2.79 bits per heavy atom. The molecule has 0 radical (unpaired) electrons. The van der Waals surface area contributed by atoms with E-state index in [0.29, 0.717) is 11.7 Å². The Labute approximate surface area is 113 Å². The van der Waals surface area contributed by atoms with Gasteiger partial charge < -0.3 is 10.4 Å². The number of nitrogens with one attached hydrogen (secondary N) is 1. The molecule has 2 aromatic rings. The van der Waals surface area contributed by atoms with Crippen molar-refractivity contribution in [3.63, 3.8) is 0 Å². The van der Waals surface area contributed by atoms with Crippen molar-refractivity contribution in [3.8, 4) is 5.75 Å². The molecule has 2 atom stereocenters. The molecule has 0 fully saturated rings. The second kappa shape index (κ2) is 4.30. The number of fused-ring (bicyclic) bond motifs is 1. The zero-order chi connectivity index (χ0) is 13.6. The number of aromatic hydroxyl groups is 1. The number of hydrogen-bond donors (Lipinski definition) is 2. The molecule has 4 nitrogen and oxygen atoms in total. The van der Waals surface area contributed by atoms with Crippen LogP contribution in [0.25, 0.3) is 0 Å². The average Bonchev–Trinajstić information content (AvgIpc) is 2.90. The number of hydrogen-bond acceptors (Lipinski definition) is 3. The minimum absolute atomic E-state index is 0.139. The smallest absolute Gasteiger partial charge is 0.148 e. The highest BCUT2D eigenvalue weighted by atomic mass is 16.3. The van der Waals surface area contributed by atoms with Crippen molar-refractivity contribution >= 4 is 5.82 Å². The molecule has 0 saturated carbocycles. The molecule has 2 N–H and O–H groups in total. The van der Waals surface area contributed by atoms with Gasteiger partial charge in [-0.15, -0.1) is 0 Å². The van der Waals surface area contributed by atoms with Crippen LogP contribution in [0.1, 0.15) is 42.0 Å². The highest BCUT2D eigenvalue weighted by Gasteiger charge is 2.32. The summed E-state index contributed by atoms with van der Waals surface area (Å²) in [5.41, 5.74) is 3.58. The summed E-state index contributed by atoms with van der Waals surface area (Å²) in [6.07, 6.45) is 2.90. The predicted molar refractivity (Wildman–Crippen MR) is 75.4 cm³/mol. The second-order valence-electron chi connectivity index (χ2n) is 5.44. The summed E-state index contributed by atoms with van der Waals surface area (Å²) in [4.78, 5) is 0. The summed E-state index contributed by atoms with van der Waals surface area (Å²) in [5.74, 6) is 1.70. The van der Waals surface area contributed by atoms with Gasteiger partial charge in [0.15, 0.2) is 0 Å². The molecular weight excluding hydrogens is 238 g/mol. The maximum Gasteiger partial charge on any atom is 0.148 e. The number of nitrogens with zero attached hydrogens (tertiary/aromatic N) is 2. The lowest BCUT2D eigenvalue weighted by molar-refractivity contribution is 0.465. The van der Waals surface area contributed by atoms with Gasteiger partial charge in [0.1, 0.15) is 11.6 Å². The number of phenolic OH excluding ortho intramolecular Hbond substituents is 1. The van der Waals surface area contributed by atoms with Crippen LogP contribution in [-0.2, 0) is 7.05 Å². The maximum absolute atomic E-state index is 10.2. The number of phenols is 1. The standard InChI is InChI=1S/C15H19N3O/c1-9-4-5-12(19)15-11(8-10(2)14(9)15)16-13-6-7-18(3)17-13/h4-7,10-11,19H,8H2,1-3H3,(H,16,17). The Hall–Kier alpha value is -1.97. The highest BCUT2D eigenvalue weighted by Crippen LogP contribution is 2.47. The first-order chi connectivity index (χ1) is 9.06. The molecule has 0 saturated heterocycles. The lowest BCUT2D eigenvalue weighted by Gasteiger charge is -2.15. The van der Waals surface area contributed by atoms with Gasteiger partial charge in [0.05, 0.1) is 6.04 Å². The van der Waals surface area contributed by atoms with Crippen LogP contribution < -0.4 is 5.32 Å². The fourth-order valence-electron chi connectivity index (χ4n) is 3.15. The molecule has 100 valence electrons. The SMILES string of the molecule is Cc1ccc(O)c2c1C(C)CC2Nc1ccn(C)n1. The Morgan fingerprint density at radius 1 is 1.32 bits per heavy atom. The molecule has 1 heterocycles. The third-order valence-electron chi connectivity index (χ3n) is 3.95. The molecule has 0 bridgehead atoms. The van der Waals surface area contributed by atoms with Crippen LogP contribution in [0.2, 0.25) is 0 Å². The quantitative estimate of drug-likeness (QED) is 0.869. The number of aryl methyl sites for hydroxylation is 2. The van der Waals surface area contributed by atoms with Gasteiger partial charge >= 0.3 is 0 Å². The van der Waals surface area contributed by atoms with Crippen LogP contribution >= 0.6 is 0 Å². The summed E-state index contributed by atoms with van der Waals surface area (Å²) >= 11 is 0. The van der Waals surface area contributed by atoms with E-state index in [-0.39, 0.29) is 6.04 Å². The third kappa shape index (κ3) is 1.97. The average molecular weight is 257 g/mol. The molecule has 1 aromatic heterocycles. The molecular formula is C15H19N3O. The summed E-state index contributed by atoms with van der Waals surface area (Å²) in [5, 5.41) is 17.9. The number of aromatic nitrogens is 2. The fraction of sp³-hybridized carbons (Fsp3) is 0.400. The van der Waals surface area contributed by atoms with Crippen LogP contribution in [-0.4, -0.2) is 14.9 Å². The summed E-state index contributed by atoms with van der Waals surface area (Å²) < 4.78 is 1.78. The van der Waals surface area contributed by atoms with E-state index >= 15 is 0 Å². The largest absolute Gasteiger partial charge is 0.508 e. The predicted octanol–water partition coefficient (Wildman–Crippen LogP) is 3.09. The minimum Gasteiger partial charge on any atom is -0.508 e. The molecule has 0 spiro atoms. The van der Waals surface area contributed by atoms with Gasteiger partial charge in [-0.05, 0) is 36.5 Å². The van der Waals surface area contributed by atoms with E-state index in [9.17, 15) is 5.11 Å². The monoisotopic (exact) mass is 257 g/mol. The maximum atomic E-state index is 10.2. The first kappa shape index (κ1) is 12.1. The zero-order valence-corrected chi connectivity index (χ0v) is 11.5. The van der Waals surface area contributed by atoms with Crippen LogP contribution in [0.5, 0.6) is 5.75 Å². The van der Waals surface area contributed by atoms with Gasteiger partial charge in [0, 0.05) is 24.9 Å². The Kier molecular flexibility index (Phi) is 2.73. The van der Waals surface area contributed by atoms with Crippen LogP contribution in [0.4, 0.5) is 5.82 Å². The highest BCUT2D eigenvalue weighted by molar-refractivity contribution is 5.54. The molecule has 19 heavy (non-hydrogen) atoms. The van der Waals surface area contributed by atoms with Crippen molar-refractivity contribution in [2.45, 2.75) is 32.2 Å². The van der Waals surface area contributed by atoms with Crippen molar-refractivity contribution in [1.29, 1.82) is 0 Å². The van der Waals surface area contributed by atoms with E-state index in [2.05, 4.69) is 24.3 Å². The van der Waals surface area contributed by atoms with E-state index in [1.54, 1.807) is 10.7 Å². The van der Waals surface area contributed by atoms with Crippen molar-refractivity contribution < 1.29 is 5.11 Å². The van der Waals surface area contributed by atoms with Crippen LogP contribution in [0, 0.1) is 6.92 Å². The Bertz CT molecular complexity index is 618. The van der Waals surface area contributed by atoms with E-state index in [0.717, 1.165) is 17.8 Å². The zero-order valence-electron chi connectivity index (χ0n) is 11.5. The van der Waals surface area contributed by atoms with Gasteiger partial charge in [-0.1, -0.05) is 13.0 Å². The third-order valence-corrected chi connectivity index (χ3v) is 3.95. The van der Waals surface area contributed by atoms with E-state index < -0.39 is 0 Å². The van der Waals surface area contributed by atoms with Crippen LogP contribution in [0.3, 0.4) is 0 Å².